The molecule has 0 saturated heterocycles. The minimum atomic E-state index is -0.0963. The molecule has 0 aliphatic heterocycles. The molecule has 5 heteroatoms. The van der Waals surface area contributed by atoms with Gasteiger partial charge in [-0.2, -0.15) is 0 Å². The minimum absolute atomic E-state index is 0.0963. The quantitative estimate of drug-likeness (QED) is 0.749. The van der Waals surface area contributed by atoms with Crippen LogP contribution in [0, 0.1) is 0 Å². The van der Waals surface area contributed by atoms with Gasteiger partial charge in [-0.1, -0.05) is 17.3 Å². The van der Waals surface area contributed by atoms with E-state index in [0.29, 0.717) is 12.2 Å². The molecule has 15 heavy (non-hydrogen) atoms. The monoisotopic (exact) mass is 204 g/mol. The Morgan fingerprint density at radius 1 is 1.27 bits per heavy atom. The van der Waals surface area contributed by atoms with E-state index in [4.69, 9.17) is 10.8 Å². The molecule has 2 aromatic rings. The number of aliphatic hydroxyl groups is 1. The lowest BCUT2D eigenvalue weighted by molar-refractivity contribution is 0.276. The molecule has 0 fully saturated rings. The Hall–Kier alpha value is -1.72. The average molecular weight is 204 g/mol. The van der Waals surface area contributed by atoms with E-state index in [9.17, 15) is 0 Å². The summed E-state index contributed by atoms with van der Waals surface area (Å²) in [7, 11) is 0. The van der Waals surface area contributed by atoms with Crippen LogP contribution in [0.15, 0.2) is 30.5 Å². The van der Waals surface area contributed by atoms with Crippen molar-refractivity contribution in [2.75, 3.05) is 0 Å². The largest absolute Gasteiger partial charge is 0.390 e. The van der Waals surface area contributed by atoms with Crippen molar-refractivity contribution in [3.63, 3.8) is 0 Å². The number of aromatic nitrogens is 3. The van der Waals surface area contributed by atoms with Gasteiger partial charge in [-0.3, -0.25) is 0 Å². The number of rotatable bonds is 3. The van der Waals surface area contributed by atoms with Gasteiger partial charge in [0, 0.05) is 6.54 Å². The van der Waals surface area contributed by atoms with Crippen molar-refractivity contribution >= 4 is 0 Å². The minimum Gasteiger partial charge on any atom is -0.390 e. The number of nitrogens with zero attached hydrogens (tertiary/aromatic N) is 3. The van der Waals surface area contributed by atoms with Crippen molar-refractivity contribution in [1.82, 2.24) is 15.0 Å². The van der Waals surface area contributed by atoms with Crippen molar-refractivity contribution in [1.29, 1.82) is 0 Å². The van der Waals surface area contributed by atoms with Crippen LogP contribution in [-0.2, 0) is 13.2 Å². The van der Waals surface area contributed by atoms with Crippen LogP contribution in [0.5, 0.6) is 0 Å². The van der Waals surface area contributed by atoms with Gasteiger partial charge >= 0.3 is 0 Å². The van der Waals surface area contributed by atoms with Crippen molar-refractivity contribution in [2.45, 2.75) is 13.2 Å². The second-order valence-electron chi connectivity index (χ2n) is 3.18. The summed E-state index contributed by atoms with van der Waals surface area (Å²) in [6.45, 7) is 0.431. The van der Waals surface area contributed by atoms with Gasteiger partial charge in [-0.05, 0) is 17.7 Å². The Morgan fingerprint density at radius 3 is 2.53 bits per heavy atom. The Kier molecular flexibility index (Phi) is 2.75. The molecule has 0 spiro atoms. The Bertz CT molecular complexity index is 435. The zero-order chi connectivity index (χ0) is 10.7. The summed E-state index contributed by atoms with van der Waals surface area (Å²) in [5, 5.41) is 16.5. The predicted octanol–water partition coefficient (Wildman–Crippen LogP) is 0.218. The fraction of sp³-hybridized carbons (Fsp3) is 0.200. The summed E-state index contributed by atoms with van der Waals surface area (Å²) in [6.07, 6.45) is 1.69. The van der Waals surface area contributed by atoms with Gasteiger partial charge in [-0.15, -0.1) is 5.10 Å². The first-order valence-corrected chi connectivity index (χ1v) is 4.65. The van der Waals surface area contributed by atoms with E-state index < -0.39 is 0 Å². The van der Waals surface area contributed by atoms with E-state index in [2.05, 4.69) is 10.3 Å². The van der Waals surface area contributed by atoms with Crippen LogP contribution in [0.25, 0.3) is 5.69 Å². The van der Waals surface area contributed by atoms with Gasteiger partial charge < -0.3 is 10.8 Å². The number of hydrogen-bond acceptors (Lipinski definition) is 4. The number of nitrogens with two attached hydrogens (primary N) is 1. The molecule has 0 unspecified atom stereocenters. The molecule has 0 radical (unpaired) electrons. The molecule has 0 atom stereocenters. The fourth-order valence-corrected chi connectivity index (χ4v) is 1.28. The molecule has 3 N–H and O–H groups in total. The molecule has 0 aliphatic rings. The third-order valence-electron chi connectivity index (χ3n) is 2.14. The normalized spacial score (nSPS) is 10.5. The Morgan fingerprint density at radius 2 is 2.00 bits per heavy atom. The van der Waals surface area contributed by atoms with E-state index in [0.717, 1.165) is 11.3 Å². The maximum Gasteiger partial charge on any atom is 0.109 e. The second kappa shape index (κ2) is 4.20. The van der Waals surface area contributed by atoms with Crippen LogP contribution in [0.4, 0.5) is 0 Å². The topological polar surface area (TPSA) is 77.0 Å². The maximum atomic E-state index is 8.85. The highest BCUT2D eigenvalue weighted by molar-refractivity contribution is 5.33. The highest BCUT2D eigenvalue weighted by atomic mass is 16.3. The van der Waals surface area contributed by atoms with Crippen LogP contribution in [0.2, 0.25) is 0 Å². The fourth-order valence-electron chi connectivity index (χ4n) is 1.28. The molecule has 2 rings (SSSR count). The molecule has 0 aliphatic carbocycles. The number of benzene rings is 1. The van der Waals surface area contributed by atoms with Crippen molar-refractivity contribution in [3.8, 4) is 5.69 Å². The van der Waals surface area contributed by atoms with Gasteiger partial charge in [0.1, 0.15) is 5.69 Å². The SMILES string of the molecule is NCc1ccc(-n2cc(CO)nn2)cc1. The van der Waals surface area contributed by atoms with E-state index in [-0.39, 0.29) is 6.61 Å². The highest BCUT2D eigenvalue weighted by Gasteiger charge is 2.01. The first-order chi connectivity index (χ1) is 7.33. The molecule has 0 bridgehead atoms. The van der Waals surface area contributed by atoms with Crippen LogP contribution >= 0.6 is 0 Å². The molecule has 1 aromatic carbocycles. The van der Waals surface area contributed by atoms with Gasteiger partial charge in [0.05, 0.1) is 18.5 Å². The lowest BCUT2D eigenvalue weighted by Gasteiger charge is -2.00. The number of hydrogen-bond donors (Lipinski definition) is 2. The molecule has 5 nitrogen and oxygen atoms in total. The maximum absolute atomic E-state index is 8.85. The third kappa shape index (κ3) is 2.03. The summed E-state index contributed by atoms with van der Waals surface area (Å²) < 4.78 is 1.62. The van der Waals surface area contributed by atoms with Crippen molar-refractivity contribution < 1.29 is 5.11 Å². The first-order valence-electron chi connectivity index (χ1n) is 4.65. The van der Waals surface area contributed by atoms with Crippen LogP contribution in [0.1, 0.15) is 11.3 Å². The standard InChI is InChI=1S/C10H12N4O/c11-5-8-1-3-10(4-2-8)14-6-9(7-15)12-13-14/h1-4,6,15H,5,7,11H2. The predicted molar refractivity (Wildman–Crippen MR) is 55.2 cm³/mol. The summed E-state index contributed by atoms with van der Waals surface area (Å²) in [5.41, 5.74) is 8.02. The smallest absolute Gasteiger partial charge is 0.109 e. The summed E-state index contributed by atoms with van der Waals surface area (Å²) >= 11 is 0. The van der Waals surface area contributed by atoms with Gasteiger partial charge in [0.25, 0.3) is 0 Å². The van der Waals surface area contributed by atoms with Gasteiger partial charge in [-0.25, -0.2) is 4.68 Å². The van der Waals surface area contributed by atoms with Crippen LogP contribution < -0.4 is 5.73 Å². The molecule has 1 heterocycles. The Labute approximate surface area is 87.1 Å². The van der Waals surface area contributed by atoms with E-state index in [1.54, 1.807) is 10.9 Å². The zero-order valence-electron chi connectivity index (χ0n) is 8.17. The lowest BCUT2D eigenvalue weighted by Crippen LogP contribution is -1.98. The summed E-state index contributed by atoms with van der Waals surface area (Å²) in [5.74, 6) is 0. The van der Waals surface area contributed by atoms with Crippen LogP contribution in [-0.4, -0.2) is 20.1 Å². The molecular formula is C10H12N4O. The van der Waals surface area contributed by atoms with E-state index >= 15 is 0 Å². The first kappa shape index (κ1) is 9.82. The van der Waals surface area contributed by atoms with E-state index in [1.807, 2.05) is 24.3 Å². The molecule has 1 aromatic heterocycles. The molecule has 78 valence electrons. The molecule has 0 saturated carbocycles. The van der Waals surface area contributed by atoms with Crippen molar-refractivity contribution in [2.24, 2.45) is 5.73 Å². The van der Waals surface area contributed by atoms with Crippen molar-refractivity contribution in [3.05, 3.63) is 41.7 Å². The van der Waals surface area contributed by atoms with Gasteiger partial charge in [0.2, 0.25) is 0 Å². The average Bonchev–Trinajstić information content (AvgIpc) is 2.78. The van der Waals surface area contributed by atoms with Gasteiger partial charge in [0.15, 0.2) is 0 Å². The number of aliphatic hydroxyl groups excluding tert-OH is 1. The molecule has 0 amide bonds. The zero-order valence-corrected chi connectivity index (χ0v) is 8.17. The highest BCUT2D eigenvalue weighted by Crippen LogP contribution is 2.08. The summed E-state index contributed by atoms with van der Waals surface area (Å²) in [4.78, 5) is 0. The van der Waals surface area contributed by atoms with Crippen LogP contribution in [0.3, 0.4) is 0 Å². The second-order valence-corrected chi connectivity index (χ2v) is 3.18. The Balaban J connectivity index is 2.28. The molecular weight excluding hydrogens is 192 g/mol. The van der Waals surface area contributed by atoms with E-state index in [1.165, 1.54) is 0 Å². The lowest BCUT2D eigenvalue weighted by atomic mass is 10.2. The third-order valence-corrected chi connectivity index (χ3v) is 2.14. The summed E-state index contributed by atoms with van der Waals surface area (Å²) in [6, 6.07) is 7.71.